The largest absolute Gasteiger partial charge is 0.494 e. The van der Waals surface area contributed by atoms with Crippen molar-refractivity contribution in [3.63, 3.8) is 0 Å². The van der Waals surface area contributed by atoms with Gasteiger partial charge in [0.05, 0.1) is 11.2 Å². The summed E-state index contributed by atoms with van der Waals surface area (Å²) in [5.74, 6) is 0.744. The average molecular weight is 501 g/mol. The summed E-state index contributed by atoms with van der Waals surface area (Å²) in [5.41, 5.74) is 0.707. The molecule has 1 fully saturated rings. The normalized spacial score (nSPS) is 17.3. The number of rotatable bonds is 7. The minimum atomic E-state index is -0.528. The summed E-state index contributed by atoms with van der Waals surface area (Å²) in [5, 5.41) is 0. The smallest absolute Gasteiger partial charge is 0.486 e. The van der Waals surface area contributed by atoms with Gasteiger partial charge in [0.25, 0.3) is 0 Å². The van der Waals surface area contributed by atoms with Gasteiger partial charge >= 0.3 is 13.2 Å². The second-order valence-corrected chi connectivity index (χ2v) is 10.9. The first-order valence-corrected chi connectivity index (χ1v) is 11.9. The first-order chi connectivity index (χ1) is 15.8. The Bertz CT molecular complexity index is 944. The zero-order valence-corrected chi connectivity index (χ0v) is 23.3. The van der Waals surface area contributed by atoms with Crippen LogP contribution in [0.3, 0.4) is 0 Å². The van der Waals surface area contributed by atoms with Crippen LogP contribution in [0.2, 0.25) is 0 Å². The van der Waals surface area contributed by atoms with E-state index in [9.17, 15) is 4.79 Å². The first kappa shape index (κ1) is 29.1. The Labute approximate surface area is 217 Å². The number of hydrogen-bond donors (Lipinski definition) is 0. The summed E-state index contributed by atoms with van der Waals surface area (Å²) >= 11 is 0. The van der Waals surface area contributed by atoms with Crippen LogP contribution in [0.4, 0.5) is 4.79 Å². The molecule has 0 saturated carbocycles. The van der Waals surface area contributed by atoms with Crippen LogP contribution in [0.1, 0.15) is 66.6 Å². The van der Waals surface area contributed by atoms with Gasteiger partial charge in [0, 0.05) is 20.0 Å². The molecular weight excluding hydrogens is 461 g/mol. The topological polar surface area (TPSA) is 57.2 Å². The molecule has 8 heteroatoms. The molecule has 1 atom stereocenters. The average Bonchev–Trinajstić information content (AvgIpc) is 2.97. The van der Waals surface area contributed by atoms with Crippen LogP contribution in [-0.2, 0) is 14.0 Å². The second kappa shape index (κ2) is 11.3. The third-order valence-electron chi connectivity index (χ3n) is 6.29. The van der Waals surface area contributed by atoms with E-state index in [1.165, 1.54) is 0 Å². The lowest BCUT2D eigenvalue weighted by Crippen LogP contribution is -2.41. The number of carbonyl (C=O) groups is 1. The van der Waals surface area contributed by atoms with Crippen molar-refractivity contribution in [1.82, 2.24) is 4.90 Å². The van der Waals surface area contributed by atoms with Gasteiger partial charge in [-0.05, 0) is 71.6 Å². The molecule has 1 saturated heterocycles. The zero-order chi connectivity index (χ0) is 25.1. The Kier molecular flexibility index (Phi) is 9.36. The molecule has 3 rings (SSSR count). The summed E-state index contributed by atoms with van der Waals surface area (Å²) in [6, 6.07) is 17.9. The Balaban J connectivity index is 0.00000432. The van der Waals surface area contributed by atoms with Crippen molar-refractivity contribution in [2.75, 3.05) is 13.6 Å². The first-order valence-electron chi connectivity index (χ1n) is 11.9. The molecule has 1 heterocycles. The van der Waals surface area contributed by atoms with Gasteiger partial charge in [-0.15, -0.1) is 0 Å². The Morgan fingerprint density at radius 2 is 1.51 bits per heavy atom. The van der Waals surface area contributed by atoms with E-state index in [1.807, 2.05) is 103 Å². The van der Waals surface area contributed by atoms with Gasteiger partial charge in [-0.2, -0.15) is 13.5 Å². The highest BCUT2D eigenvalue weighted by molar-refractivity contribution is 7.59. The molecule has 0 N–H and O–H groups in total. The quantitative estimate of drug-likeness (QED) is 0.471. The van der Waals surface area contributed by atoms with Crippen LogP contribution in [0, 0.1) is 0 Å². The van der Waals surface area contributed by atoms with E-state index in [1.54, 1.807) is 11.9 Å². The van der Waals surface area contributed by atoms with Gasteiger partial charge < -0.3 is 23.7 Å². The zero-order valence-electron chi connectivity index (χ0n) is 22.3. The van der Waals surface area contributed by atoms with Gasteiger partial charge in [0.1, 0.15) is 17.5 Å². The third-order valence-corrected chi connectivity index (χ3v) is 6.29. The Morgan fingerprint density at radius 3 is 2.03 bits per heavy atom. The maximum Gasteiger partial charge on any atom is 0.494 e. The van der Waals surface area contributed by atoms with Crippen molar-refractivity contribution < 1.29 is 23.6 Å². The van der Waals surface area contributed by atoms with Crippen LogP contribution in [0.15, 0.2) is 54.6 Å². The summed E-state index contributed by atoms with van der Waals surface area (Å²) in [6.07, 6.45) is 0.0681. The summed E-state index contributed by atoms with van der Waals surface area (Å²) in [4.78, 5) is 13.9. The van der Waals surface area contributed by atoms with Crippen LogP contribution in [0.25, 0.3) is 0 Å². The van der Waals surface area contributed by atoms with Crippen LogP contribution in [0.5, 0.6) is 5.75 Å². The van der Waals surface area contributed by atoms with E-state index in [2.05, 4.69) is 0 Å². The predicted molar refractivity (Wildman–Crippen MR) is 146 cm³/mol. The molecule has 192 valence electrons. The van der Waals surface area contributed by atoms with Crippen LogP contribution >= 0.6 is 13.5 Å². The fourth-order valence-electron chi connectivity index (χ4n) is 3.55. The minimum Gasteiger partial charge on any atom is -0.486 e. The molecular formula is C27H40BNO5S. The number of ether oxygens (including phenoxy) is 2. The van der Waals surface area contributed by atoms with Crippen molar-refractivity contribution in [3.8, 4) is 5.75 Å². The number of carbonyl (C=O) groups excluding carboxylic acids is 1. The molecule has 1 amide bonds. The van der Waals surface area contributed by atoms with Crippen LogP contribution in [-0.4, -0.2) is 48.5 Å². The van der Waals surface area contributed by atoms with E-state index < -0.39 is 12.7 Å². The van der Waals surface area contributed by atoms with E-state index >= 15 is 0 Å². The summed E-state index contributed by atoms with van der Waals surface area (Å²) in [6.45, 7) is 14.3. The molecule has 0 radical (unpaired) electrons. The van der Waals surface area contributed by atoms with Gasteiger partial charge in [0.15, 0.2) is 0 Å². The van der Waals surface area contributed by atoms with Crippen molar-refractivity contribution >= 4 is 32.2 Å². The summed E-state index contributed by atoms with van der Waals surface area (Å²) in [7, 11) is 1.33. The molecule has 2 aromatic carbocycles. The highest BCUT2D eigenvalue weighted by Gasteiger charge is 2.51. The van der Waals surface area contributed by atoms with Crippen LogP contribution < -0.4 is 10.2 Å². The van der Waals surface area contributed by atoms with E-state index in [4.69, 9.17) is 18.8 Å². The van der Waals surface area contributed by atoms with E-state index in [-0.39, 0.29) is 36.9 Å². The molecule has 0 spiro atoms. The molecule has 1 aliphatic heterocycles. The number of hydrogen-bond acceptors (Lipinski definition) is 5. The molecule has 6 nitrogen and oxygen atoms in total. The fourth-order valence-corrected chi connectivity index (χ4v) is 3.55. The maximum atomic E-state index is 12.4. The molecule has 0 aromatic heterocycles. The SMILES string of the molecule is CN(CC[C@H](Oc1ccc(B2OC(C)(C)C(C)(C)O2)cc1)c1ccccc1)C(=O)OC(C)(C)C.S. The molecule has 2 aromatic rings. The minimum absolute atomic E-state index is 0. The number of nitrogens with zero attached hydrogens (tertiary/aromatic N) is 1. The van der Waals surface area contributed by atoms with Crippen molar-refractivity contribution in [2.45, 2.75) is 77.8 Å². The molecule has 0 aliphatic carbocycles. The standard InChI is InChI=1S/C27H38BNO5.H2S/c1-25(2,3)32-24(30)29(8)19-18-23(20-12-10-9-11-13-20)31-22-16-14-21(15-17-22)28-33-26(4,5)27(6,7)34-28;/h9-17,23H,18-19H2,1-8H3;1H2/t23-;/m0./s1. The third kappa shape index (κ3) is 7.66. The predicted octanol–water partition coefficient (Wildman–Crippen LogP) is 5.48. The molecule has 0 bridgehead atoms. The van der Waals surface area contributed by atoms with E-state index in [0.717, 1.165) is 16.8 Å². The van der Waals surface area contributed by atoms with Gasteiger partial charge in [0.2, 0.25) is 0 Å². The molecule has 1 aliphatic rings. The highest BCUT2D eigenvalue weighted by Crippen LogP contribution is 2.36. The monoisotopic (exact) mass is 501 g/mol. The molecule has 0 unspecified atom stereocenters. The van der Waals surface area contributed by atoms with Crippen molar-refractivity contribution in [1.29, 1.82) is 0 Å². The maximum absolute atomic E-state index is 12.4. The summed E-state index contributed by atoms with van der Waals surface area (Å²) < 4.78 is 24.1. The number of benzene rings is 2. The Morgan fingerprint density at radius 1 is 0.971 bits per heavy atom. The number of amides is 1. The van der Waals surface area contributed by atoms with Gasteiger partial charge in [-0.3, -0.25) is 0 Å². The lowest BCUT2D eigenvalue weighted by molar-refractivity contribution is 0.00578. The lowest BCUT2D eigenvalue weighted by atomic mass is 9.79. The highest BCUT2D eigenvalue weighted by atomic mass is 32.1. The van der Waals surface area contributed by atoms with E-state index in [0.29, 0.717) is 13.0 Å². The van der Waals surface area contributed by atoms with Crippen molar-refractivity contribution in [2.24, 2.45) is 0 Å². The Hall–Kier alpha value is -2.16. The second-order valence-electron chi connectivity index (χ2n) is 10.9. The molecule has 35 heavy (non-hydrogen) atoms. The fraction of sp³-hybridized carbons (Fsp3) is 0.519. The lowest BCUT2D eigenvalue weighted by Gasteiger charge is -2.32. The van der Waals surface area contributed by atoms with Gasteiger partial charge in [-0.1, -0.05) is 42.5 Å². The van der Waals surface area contributed by atoms with Gasteiger partial charge in [-0.25, -0.2) is 4.79 Å². The van der Waals surface area contributed by atoms with Crippen molar-refractivity contribution in [3.05, 3.63) is 60.2 Å².